The van der Waals surface area contributed by atoms with Gasteiger partial charge >= 0.3 is 0 Å². The number of rotatable bonds is 7. The van der Waals surface area contributed by atoms with E-state index in [0.717, 1.165) is 6.42 Å². The number of carbonyl (C=O) groups is 1. The number of nitriles is 1. The lowest BCUT2D eigenvalue weighted by atomic mass is 10.2. The average molecular weight is 294 g/mol. The molecule has 1 aromatic carbocycles. The summed E-state index contributed by atoms with van der Waals surface area (Å²) in [4.78, 5) is 11.9. The second-order valence-corrected chi connectivity index (χ2v) is 4.31. The van der Waals surface area contributed by atoms with E-state index in [1.54, 1.807) is 31.4 Å². The van der Waals surface area contributed by atoms with Gasteiger partial charge in [0.2, 0.25) is 0 Å². The lowest BCUT2D eigenvalue weighted by Gasteiger charge is -2.06. The molecular weight excluding hydrogens is 278 g/mol. The van der Waals surface area contributed by atoms with Crippen LogP contribution in [-0.4, -0.2) is 26.2 Å². The molecule has 20 heavy (non-hydrogen) atoms. The van der Waals surface area contributed by atoms with Gasteiger partial charge in [-0.2, -0.15) is 5.26 Å². The molecule has 0 spiro atoms. The van der Waals surface area contributed by atoms with E-state index in [9.17, 15) is 4.79 Å². The van der Waals surface area contributed by atoms with E-state index >= 15 is 0 Å². The summed E-state index contributed by atoms with van der Waals surface area (Å²) in [5.41, 5.74) is 0.460. The Morgan fingerprint density at radius 1 is 1.50 bits per heavy atom. The van der Waals surface area contributed by atoms with Gasteiger partial charge in [0.1, 0.15) is 11.6 Å². The first-order chi connectivity index (χ1) is 9.69. The molecule has 1 rings (SSSR count). The summed E-state index contributed by atoms with van der Waals surface area (Å²) < 4.78 is 4.90. The Morgan fingerprint density at radius 2 is 2.25 bits per heavy atom. The highest BCUT2D eigenvalue weighted by Crippen LogP contribution is 2.20. The average Bonchev–Trinajstić information content (AvgIpc) is 2.45. The summed E-state index contributed by atoms with van der Waals surface area (Å²) in [5.74, 6) is -0.500. The van der Waals surface area contributed by atoms with Crippen LogP contribution in [0.1, 0.15) is 6.42 Å². The van der Waals surface area contributed by atoms with Crippen LogP contribution in [0.2, 0.25) is 5.02 Å². The number of halogens is 1. The molecule has 1 amide bonds. The van der Waals surface area contributed by atoms with E-state index in [0.29, 0.717) is 23.9 Å². The first-order valence-electron chi connectivity index (χ1n) is 6.07. The van der Waals surface area contributed by atoms with E-state index in [4.69, 9.17) is 21.6 Å². The fraction of sp³-hybridized carbons (Fsp3) is 0.286. The minimum atomic E-state index is -0.500. The smallest absolute Gasteiger partial charge is 0.267 e. The number of ether oxygens (including phenoxy) is 1. The highest BCUT2D eigenvalue weighted by atomic mass is 35.5. The van der Waals surface area contributed by atoms with Gasteiger partial charge in [0, 0.05) is 26.5 Å². The number of anilines is 1. The van der Waals surface area contributed by atoms with Gasteiger partial charge in [-0.25, -0.2) is 0 Å². The Kier molecular flexibility index (Phi) is 7.18. The fourth-order valence-corrected chi connectivity index (χ4v) is 1.58. The van der Waals surface area contributed by atoms with Crippen molar-refractivity contribution in [1.82, 2.24) is 5.32 Å². The van der Waals surface area contributed by atoms with Crippen molar-refractivity contribution in [2.45, 2.75) is 6.42 Å². The number of nitrogens with one attached hydrogen (secondary N) is 2. The first kappa shape index (κ1) is 16.0. The lowest BCUT2D eigenvalue weighted by Crippen LogP contribution is -2.17. The molecule has 106 valence electrons. The van der Waals surface area contributed by atoms with Crippen LogP contribution in [0.25, 0.3) is 0 Å². The predicted molar refractivity (Wildman–Crippen MR) is 78.3 cm³/mol. The van der Waals surface area contributed by atoms with Crippen LogP contribution < -0.4 is 10.6 Å². The SMILES string of the molecule is COCCCN/C=C(/C#N)C(=O)Nc1ccccc1Cl. The fourth-order valence-electron chi connectivity index (χ4n) is 1.39. The Hall–Kier alpha value is -2.03. The lowest BCUT2D eigenvalue weighted by molar-refractivity contribution is -0.112. The van der Waals surface area contributed by atoms with Gasteiger partial charge in [0.15, 0.2) is 0 Å². The van der Waals surface area contributed by atoms with E-state index in [1.165, 1.54) is 6.20 Å². The maximum atomic E-state index is 11.9. The van der Waals surface area contributed by atoms with E-state index in [-0.39, 0.29) is 5.57 Å². The first-order valence-corrected chi connectivity index (χ1v) is 6.45. The number of benzene rings is 1. The van der Waals surface area contributed by atoms with Crippen LogP contribution in [0, 0.1) is 11.3 Å². The van der Waals surface area contributed by atoms with Gasteiger partial charge in [-0.15, -0.1) is 0 Å². The number of amides is 1. The molecule has 0 bridgehead atoms. The van der Waals surface area contributed by atoms with Crippen LogP contribution in [0.5, 0.6) is 0 Å². The second-order valence-electron chi connectivity index (χ2n) is 3.90. The van der Waals surface area contributed by atoms with Crippen molar-refractivity contribution in [3.05, 3.63) is 41.1 Å². The number of hydrogen-bond acceptors (Lipinski definition) is 4. The van der Waals surface area contributed by atoms with Crippen LogP contribution in [-0.2, 0) is 9.53 Å². The summed E-state index contributed by atoms with van der Waals surface area (Å²) in [5, 5.41) is 14.9. The highest BCUT2D eigenvalue weighted by Gasteiger charge is 2.10. The molecular formula is C14H16ClN3O2. The standard InChI is InChI=1S/C14H16ClN3O2/c1-20-8-4-7-17-10-11(9-16)14(19)18-13-6-3-2-5-12(13)15/h2-3,5-6,10,17H,4,7-8H2,1H3,(H,18,19)/b11-10-. The number of carbonyl (C=O) groups excluding carboxylic acids is 1. The molecule has 0 radical (unpaired) electrons. The van der Waals surface area contributed by atoms with Crippen molar-refractivity contribution in [3.63, 3.8) is 0 Å². The summed E-state index contributed by atoms with van der Waals surface area (Å²) in [6.07, 6.45) is 2.18. The van der Waals surface area contributed by atoms with Crippen molar-refractivity contribution < 1.29 is 9.53 Å². The molecule has 0 atom stereocenters. The van der Waals surface area contributed by atoms with Gasteiger partial charge < -0.3 is 15.4 Å². The molecule has 2 N–H and O–H groups in total. The minimum Gasteiger partial charge on any atom is -0.390 e. The topological polar surface area (TPSA) is 74.1 Å². The Labute approximate surface area is 123 Å². The monoisotopic (exact) mass is 293 g/mol. The summed E-state index contributed by atoms with van der Waals surface area (Å²) >= 11 is 5.93. The van der Waals surface area contributed by atoms with Crippen molar-refractivity contribution in [2.75, 3.05) is 25.6 Å². The normalized spacial score (nSPS) is 10.8. The molecule has 0 saturated carbocycles. The molecule has 0 saturated heterocycles. The summed E-state index contributed by atoms with van der Waals surface area (Å²) in [6.45, 7) is 1.24. The third-order valence-corrected chi connectivity index (χ3v) is 2.73. The van der Waals surface area contributed by atoms with E-state index in [2.05, 4.69) is 10.6 Å². The number of hydrogen-bond donors (Lipinski definition) is 2. The Morgan fingerprint density at radius 3 is 2.90 bits per heavy atom. The van der Waals surface area contributed by atoms with Crippen LogP contribution in [0.3, 0.4) is 0 Å². The molecule has 5 nitrogen and oxygen atoms in total. The Balaban J connectivity index is 2.57. The molecule has 0 aliphatic rings. The van der Waals surface area contributed by atoms with E-state index in [1.807, 2.05) is 6.07 Å². The van der Waals surface area contributed by atoms with Crippen molar-refractivity contribution >= 4 is 23.2 Å². The molecule has 0 unspecified atom stereocenters. The predicted octanol–water partition coefficient (Wildman–Crippen LogP) is 2.31. The zero-order valence-electron chi connectivity index (χ0n) is 11.1. The van der Waals surface area contributed by atoms with Gasteiger partial charge in [-0.1, -0.05) is 23.7 Å². The second kappa shape index (κ2) is 8.97. The van der Waals surface area contributed by atoms with E-state index < -0.39 is 5.91 Å². The molecule has 0 aromatic heterocycles. The van der Waals surface area contributed by atoms with Gasteiger partial charge in [-0.3, -0.25) is 4.79 Å². The number of methoxy groups -OCH3 is 1. The molecule has 1 aromatic rings. The van der Waals surface area contributed by atoms with Crippen LogP contribution in [0.15, 0.2) is 36.0 Å². The zero-order chi connectivity index (χ0) is 14.8. The summed E-state index contributed by atoms with van der Waals surface area (Å²) in [7, 11) is 1.62. The van der Waals surface area contributed by atoms with Crippen molar-refractivity contribution in [1.29, 1.82) is 5.26 Å². The quantitative estimate of drug-likeness (QED) is 0.460. The Bertz CT molecular complexity index is 523. The molecule has 0 aliphatic carbocycles. The maximum Gasteiger partial charge on any atom is 0.267 e. The van der Waals surface area contributed by atoms with Crippen LogP contribution >= 0.6 is 11.6 Å². The molecule has 0 fully saturated rings. The van der Waals surface area contributed by atoms with Gasteiger partial charge in [0.05, 0.1) is 10.7 Å². The van der Waals surface area contributed by atoms with Gasteiger partial charge in [0.25, 0.3) is 5.91 Å². The third kappa shape index (κ3) is 5.31. The number of para-hydroxylation sites is 1. The highest BCUT2D eigenvalue weighted by molar-refractivity contribution is 6.33. The largest absolute Gasteiger partial charge is 0.390 e. The molecule has 0 aliphatic heterocycles. The summed E-state index contributed by atoms with van der Waals surface area (Å²) in [6, 6.07) is 8.69. The maximum absolute atomic E-state index is 11.9. The molecule has 0 heterocycles. The third-order valence-electron chi connectivity index (χ3n) is 2.40. The van der Waals surface area contributed by atoms with Crippen molar-refractivity contribution in [2.24, 2.45) is 0 Å². The number of nitrogens with zero attached hydrogens (tertiary/aromatic N) is 1. The van der Waals surface area contributed by atoms with Crippen molar-refractivity contribution in [3.8, 4) is 6.07 Å². The van der Waals surface area contributed by atoms with Gasteiger partial charge in [-0.05, 0) is 18.6 Å². The van der Waals surface area contributed by atoms with Crippen LogP contribution in [0.4, 0.5) is 5.69 Å². The zero-order valence-corrected chi connectivity index (χ0v) is 11.9. The molecule has 6 heteroatoms. The minimum absolute atomic E-state index is 0.0117.